The highest BCUT2D eigenvalue weighted by molar-refractivity contribution is 5.94. The number of ether oxygens (including phenoxy) is 1. The van der Waals surface area contributed by atoms with Gasteiger partial charge in [0.2, 0.25) is 0 Å². The number of esters is 1. The summed E-state index contributed by atoms with van der Waals surface area (Å²) in [7, 11) is 2.82. The van der Waals surface area contributed by atoms with Gasteiger partial charge in [-0.25, -0.2) is 8.78 Å². The van der Waals surface area contributed by atoms with Crippen molar-refractivity contribution in [2.75, 3.05) is 20.7 Å². The van der Waals surface area contributed by atoms with Gasteiger partial charge in [0.25, 0.3) is 5.91 Å². The molecule has 0 unspecified atom stereocenters. The van der Waals surface area contributed by atoms with Crippen LogP contribution in [0.25, 0.3) is 0 Å². The van der Waals surface area contributed by atoms with Crippen LogP contribution in [0, 0.1) is 11.6 Å². The smallest absolute Gasteiger partial charge is 0.305 e. The number of hydrogen-bond acceptors (Lipinski definition) is 3. The van der Waals surface area contributed by atoms with Crippen LogP contribution < -0.4 is 0 Å². The van der Waals surface area contributed by atoms with Gasteiger partial charge >= 0.3 is 5.97 Å². The monoisotopic (exact) mass is 271 g/mol. The van der Waals surface area contributed by atoms with Crippen LogP contribution in [0.1, 0.15) is 23.2 Å². The number of benzene rings is 1. The fourth-order valence-corrected chi connectivity index (χ4v) is 1.51. The van der Waals surface area contributed by atoms with Gasteiger partial charge in [-0.2, -0.15) is 0 Å². The summed E-state index contributed by atoms with van der Waals surface area (Å²) in [6, 6.07) is 2.98. The fraction of sp³-hybridized carbons (Fsp3) is 0.385. The van der Waals surface area contributed by atoms with Gasteiger partial charge in [0.15, 0.2) is 11.6 Å². The molecule has 0 bridgehead atoms. The number of nitrogens with zero attached hydrogens (tertiary/aromatic N) is 1. The topological polar surface area (TPSA) is 46.6 Å². The number of amides is 1. The summed E-state index contributed by atoms with van der Waals surface area (Å²) in [5.41, 5.74) is 0.0690. The maximum atomic E-state index is 13.0. The molecule has 0 N–H and O–H groups in total. The van der Waals surface area contributed by atoms with Crippen molar-refractivity contribution in [3.8, 4) is 0 Å². The second-order valence-corrected chi connectivity index (χ2v) is 4.04. The Kier molecular flexibility index (Phi) is 5.41. The number of carbonyl (C=O) groups excluding carboxylic acids is 2. The maximum Gasteiger partial charge on any atom is 0.305 e. The van der Waals surface area contributed by atoms with Crippen molar-refractivity contribution in [1.82, 2.24) is 4.90 Å². The van der Waals surface area contributed by atoms with Crippen molar-refractivity contribution in [2.24, 2.45) is 0 Å². The van der Waals surface area contributed by atoms with E-state index in [1.54, 1.807) is 0 Å². The van der Waals surface area contributed by atoms with E-state index >= 15 is 0 Å². The molecule has 0 aliphatic heterocycles. The average Bonchev–Trinajstić information content (AvgIpc) is 2.40. The highest BCUT2D eigenvalue weighted by atomic mass is 19.2. The standard InChI is InChI=1S/C13H15F2NO3/c1-16(7-3-4-12(17)19-2)13(18)9-5-6-10(14)11(15)8-9/h5-6,8H,3-4,7H2,1-2H3. The van der Waals surface area contributed by atoms with Crippen molar-refractivity contribution in [1.29, 1.82) is 0 Å². The Hall–Kier alpha value is -1.98. The van der Waals surface area contributed by atoms with E-state index in [4.69, 9.17) is 0 Å². The normalized spacial score (nSPS) is 10.1. The summed E-state index contributed by atoms with van der Waals surface area (Å²) >= 11 is 0. The Balaban J connectivity index is 2.56. The average molecular weight is 271 g/mol. The summed E-state index contributed by atoms with van der Waals surface area (Å²) in [4.78, 5) is 24.1. The molecule has 104 valence electrons. The van der Waals surface area contributed by atoms with Gasteiger partial charge in [-0.15, -0.1) is 0 Å². The lowest BCUT2D eigenvalue weighted by Gasteiger charge is -2.16. The van der Waals surface area contributed by atoms with Gasteiger partial charge < -0.3 is 9.64 Å². The van der Waals surface area contributed by atoms with E-state index < -0.39 is 17.5 Å². The number of rotatable bonds is 5. The Labute approximate surface area is 110 Å². The van der Waals surface area contributed by atoms with Crippen molar-refractivity contribution in [3.05, 3.63) is 35.4 Å². The molecule has 0 aliphatic carbocycles. The van der Waals surface area contributed by atoms with Crippen molar-refractivity contribution in [3.63, 3.8) is 0 Å². The van der Waals surface area contributed by atoms with Crippen LogP contribution in [0.2, 0.25) is 0 Å². The Bertz CT molecular complexity index is 477. The predicted molar refractivity (Wildman–Crippen MR) is 64.6 cm³/mol. The van der Waals surface area contributed by atoms with E-state index in [9.17, 15) is 18.4 Å². The van der Waals surface area contributed by atoms with E-state index in [2.05, 4.69) is 4.74 Å². The summed E-state index contributed by atoms with van der Waals surface area (Å²) in [5.74, 6) is -2.84. The SMILES string of the molecule is COC(=O)CCCN(C)C(=O)c1ccc(F)c(F)c1. The van der Waals surface area contributed by atoms with Gasteiger partial charge in [0.05, 0.1) is 7.11 Å². The molecule has 6 heteroatoms. The first-order valence-corrected chi connectivity index (χ1v) is 5.73. The summed E-state index contributed by atoms with van der Waals surface area (Å²) in [5, 5.41) is 0. The zero-order chi connectivity index (χ0) is 14.4. The first-order chi connectivity index (χ1) is 8.95. The molecule has 0 radical (unpaired) electrons. The number of halogens is 2. The quantitative estimate of drug-likeness (QED) is 0.769. The van der Waals surface area contributed by atoms with E-state index in [0.29, 0.717) is 13.0 Å². The summed E-state index contributed by atoms with van der Waals surface area (Å²) in [6.45, 7) is 0.326. The number of carbonyl (C=O) groups is 2. The highest BCUT2D eigenvalue weighted by Gasteiger charge is 2.14. The minimum Gasteiger partial charge on any atom is -0.469 e. The molecule has 4 nitrogen and oxygen atoms in total. The third-order valence-electron chi connectivity index (χ3n) is 2.62. The Morgan fingerprint density at radius 3 is 2.53 bits per heavy atom. The van der Waals surface area contributed by atoms with Crippen LogP contribution in [-0.2, 0) is 9.53 Å². The molecule has 0 spiro atoms. The summed E-state index contributed by atoms with van der Waals surface area (Å²) in [6.07, 6.45) is 0.643. The predicted octanol–water partition coefficient (Wildman–Crippen LogP) is 1.99. The zero-order valence-electron chi connectivity index (χ0n) is 10.8. The van der Waals surface area contributed by atoms with Gasteiger partial charge in [-0.1, -0.05) is 0 Å². The van der Waals surface area contributed by atoms with Crippen LogP contribution in [0.5, 0.6) is 0 Å². The zero-order valence-corrected chi connectivity index (χ0v) is 10.8. The fourth-order valence-electron chi connectivity index (χ4n) is 1.51. The van der Waals surface area contributed by atoms with E-state index in [1.165, 1.54) is 25.1 Å². The summed E-state index contributed by atoms with van der Waals surface area (Å²) < 4.78 is 30.2. The van der Waals surface area contributed by atoms with E-state index in [-0.39, 0.29) is 18.0 Å². The molecule has 1 aromatic carbocycles. The molecular formula is C13H15F2NO3. The van der Waals surface area contributed by atoms with Crippen molar-refractivity contribution in [2.45, 2.75) is 12.8 Å². The van der Waals surface area contributed by atoms with Crippen LogP contribution in [0.15, 0.2) is 18.2 Å². The van der Waals surface area contributed by atoms with Gasteiger partial charge in [0, 0.05) is 25.6 Å². The first kappa shape index (κ1) is 15.1. The second-order valence-electron chi connectivity index (χ2n) is 4.04. The molecule has 1 amide bonds. The molecule has 0 aromatic heterocycles. The van der Waals surface area contributed by atoms with Crippen molar-refractivity contribution < 1.29 is 23.1 Å². The molecule has 0 fully saturated rings. The lowest BCUT2D eigenvalue weighted by Crippen LogP contribution is -2.28. The van der Waals surface area contributed by atoms with Crippen LogP contribution in [0.3, 0.4) is 0 Å². The number of methoxy groups -OCH3 is 1. The molecule has 0 atom stereocenters. The van der Waals surface area contributed by atoms with Crippen LogP contribution >= 0.6 is 0 Å². The Morgan fingerprint density at radius 1 is 1.26 bits per heavy atom. The highest BCUT2D eigenvalue weighted by Crippen LogP contribution is 2.11. The first-order valence-electron chi connectivity index (χ1n) is 5.73. The molecule has 1 aromatic rings. The largest absolute Gasteiger partial charge is 0.469 e. The molecular weight excluding hydrogens is 256 g/mol. The molecule has 0 aliphatic rings. The molecule has 0 saturated heterocycles. The third-order valence-corrected chi connectivity index (χ3v) is 2.62. The second kappa shape index (κ2) is 6.82. The molecule has 1 rings (SSSR count). The minimum absolute atomic E-state index is 0.0690. The third kappa shape index (κ3) is 4.31. The maximum absolute atomic E-state index is 13.0. The van der Waals surface area contributed by atoms with Crippen LogP contribution in [0.4, 0.5) is 8.78 Å². The van der Waals surface area contributed by atoms with Gasteiger partial charge in [-0.05, 0) is 24.6 Å². The van der Waals surface area contributed by atoms with Crippen LogP contribution in [-0.4, -0.2) is 37.5 Å². The van der Waals surface area contributed by atoms with E-state index in [1.807, 2.05) is 0 Å². The van der Waals surface area contributed by atoms with E-state index in [0.717, 1.165) is 12.1 Å². The van der Waals surface area contributed by atoms with Gasteiger partial charge in [-0.3, -0.25) is 9.59 Å². The Morgan fingerprint density at radius 2 is 1.95 bits per heavy atom. The molecule has 19 heavy (non-hydrogen) atoms. The molecule has 0 saturated carbocycles. The van der Waals surface area contributed by atoms with Gasteiger partial charge in [0.1, 0.15) is 0 Å². The number of hydrogen-bond donors (Lipinski definition) is 0. The lowest BCUT2D eigenvalue weighted by molar-refractivity contribution is -0.140. The molecule has 0 heterocycles. The lowest BCUT2D eigenvalue weighted by atomic mass is 10.2. The van der Waals surface area contributed by atoms with Crippen molar-refractivity contribution >= 4 is 11.9 Å². The minimum atomic E-state index is -1.06.